The highest BCUT2D eigenvalue weighted by Crippen LogP contribution is 2.19. The van der Waals surface area contributed by atoms with E-state index in [1.165, 1.54) is 15.3 Å². The van der Waals surface area contributed by atoms with E-state index in [9.17, 15) is 9.59 Å². The van der Waals surface area contributed by atoms with Crippen molar-refractivity contribution in [3.63, 3.8) is 0 Å². The lowest BCUT2D eigenvalue weighted by Gasteiger charge is -2.10. The summed E-state index contributed by atoms with van der Waals surface area (Å²) >= 11 is 6.14. The van der Waals surface area contributed by atoms with Gasteiger partial charge in [-0.2, -0.15) is 5.10 Å². The molecule has 0 saturated heterocycles. The number of pyridine rings is 1. The first-order valence-electron chi connectivity index (χ1n) is 5.94. The van der Waals surface area contributed by atoms with Crippen LogP contribution in [0.5, 0.6) is 0 Å². The molecule has 0 bridgehead atoms. The third-order valence-electron chi connectivity index (χ3n) is 3.21. The maximum absolute atomic E-state index is 12.2. The first-order valence-corrected chi connectivity index (χ1v) is 6.32. The summed E-state index contributed by atoms with van der Waals surface area (Å²) in [6.07, 6.45) is 0. The van der Waals surface area contributed by atoms with Gasteiger partial charge >= 0.3 is 5.97 Å². The van der Waals surface area contributed by atoms with Crippen LogP contribution in [0.2, 0.25) is 5.15 Å². The Kier molecular flexibility index (Phi) is 3.67. The molecule has 0 aliphatic heterocycles. The summed E-state index contributed by atoms with van der Waals surface area (Å²) < 4.78 is 2.91. The molecule has 0 unspecified atom stereocenters. The highest BCUT2D eigenvalue weighted by atomic mass is 35.5. The molecule has 106 valence electrons. The summed E-state index contributed by atoms with van der Waals surface area (Å²) in [5, 5.41) is 13.6. The molecular formula is C13H14ClN3O3. The van der Waals surface area contributed by atoms with E-state index in [2.05, 4.69) is 5.10 Å². The number of nitrogens with zero attached hydrogens (tertiary/aromatic N) is 3. The Morgan fingerprint density at radius 2 is 2.05 bits per heavy atom. The van der Waals surface area contributed by atoms with Crippen molar-refractivity contribution in [2.75, 3.05) is 0 Å². The Morgan fingerprint density at radius 1 is 1.40 bits per heavy atom. The number of carboxylic acids is 1. The fraction of sp³-hybridized carbons (Fsp3) is 0.308. The highest BCUT2D eigenvalue weighted by Gasteiger charge is 2.16. The van der Waals surface area contributed by atoms with Crippen LogP contribution in [0.25, 0.3) is 0 Å². The van der Waals surface area contributed by atoms with Crippen LogP contribution in [0.4, 0.5) is 0 Å². The minimum absolute atomic E-state index is 0.199. The summed E-state index contributed by atoms with van der Waals surface area (Å²) in [4.78, 5) is 23.2. The largest absolute Gasteiger partial charge is 0.477 e. The molecule has 0 amide bonds. The van der Waals surface area contributed by atoms with Gasteiger partial charge < -0.3 is 9.67 Å². The van der Waals surface area contributed by atoms with Crippen molar-refractivity contribution in [1.82, 2.24) is 14.3 Å². The second-order valence-corrected chi connectivity index (χ2v) is 4.92. The Hall–Kier alpha value is -2.08. The molecule has 20 heavy (non-hydrogen) atoms. The van der Waals surface area contributed by atoms with Crippen LogP contribution >= 0.6 is 11.6 Å². The summed E-state index contributed by atoms with van der Waals surface area (Å²) in [6.45, 7) is 3.74. The Labute approximate surface area is 120 Å². The molecule has 0 aromatic carbocycles. The van der Waals surface area contributed by atoms with Gasteiger partial charge in [-0.05, 0) is 26.0 Å². The molecule has 6 nitrogen and oxygen atoms in total. The molecule has 0 fully saturated rings. The number of rotatable bonds is 3. The number of aromatic carboxylic acids is 1. The van der Waals surface area contributed by atoms with E-state index < -0.39 is 11.5 Å². The molecule has 2 heterocycles. The molecule has 1 N–H and O–H groups in total. The summed E-state index contributed by atoms with van der Waals surface area (Å²) in [5.74, 6) is -1.24. The van der Waals surface area contributed by atoms with Crippen molar-refractivity contribution in [2.24, 2.45) is 7.05 Å². The monoisotopic (exact) mass is 295 g/mol. The zero-order chi connectivity index (χ0) is 15.0. The molecule has 2 rings (SSSR count). The van der Waals surface area contributed by atoms with Gasteiger partial charge in [0.1, 0.15) is 10.7 Å². The van der Waals surface area contributed by atoms with Crippen molar-refractivity contribution in [3.05, 3.63) is 50.2 Å². The summed E-state index contributed by atoms with van der Waals surface area (Å²) in [6, 6.07) is 2.92. The molecule has 2 aromatic heterocycles. The van der Waals surface area contributed by atoms with E-state index in [1.807, 2.05) is 0 Å². The van der Waals surface area contributed by atoms with E-state index in [0.29, 0.717) is 22.1 Å². The molecular weight excluding hydrogens is 282 g/mol. The van der Waals surface area contributed by atoms with Crippen molar-refractivity contribution in [3.8, 4) is 0 Å². The number of carbonyl (C=O) groups is 1. The number of aromatic nitrogens is 3. The van der Waals surface area contributed by atoms with Crippen molar-refractivity contribution in [2.45, 2.75) is 20.4 Å². The van der Waals surface area contributed by atoms with E-state index in [0.717, 1.165) is 0 Å². The normalized spacial score (nSPS) is 10.8. The molecule has 2 aromatic rings. The lowest BCUT2D eigenvalue weighted by molar-refractivity contribution is 0.0694. The predicted octanol–water partition coefficient (Wildman–Crippen LogP) is 1.60. The second kappa shape index (κ2) is 5.13. The molecule has 0 atom stereocenters. The lowest BCUT2D eigenvalue weighted by atomic mass is 10.2. The molecule has 0 aliphatic rings. The molecule has 0 spiro atoms. The number of carboxylic acid groups (broad SMARTS) is 1. The van der Waals surface area contributed by atoms with Gasteiger partial charge in [0.2, 0.25) is 0 Å². The standard InChI is InChI=1S/C13H14ClN3O3/c1-7-4-5-9(13(19)20)12(18)17(7)6-10-8(2)15-16(3)11(10)14/h4-5H,6H2,1-3H3,(H,19,20). The van der Waals surface area contributed by atoms with Gasteiger partial charge in [-0.25, -0.2) is 4.79 Å². The van der Waals surface area contributed by atoms with E-state index in [-0.39, 0.29) is 12.1 Å². The SMILES string of the molecule is Cc1nn(C)c(Cl)c1Cn1c(C)ccc(C(=O)O)c1=O. The fourth-order valence-corrected chi connectivity index (χ4v) is 2.28. The topological polar surface area (TPSA) is 77.1 Å². The van der Waals surface area contributed by atoms with Gasteiger partial charge in [-0.3, -0.25) is 9.48 Å². The Morgan fingerprint density at radius 3 is 2.55 bits per heavy atom. The van der Waals surface area contributed by atoms with Crippen molar-refractivity contribution < 1.29 is 9.90 Å². The Bertz CT molecular complexity index is 746. The van der Waals surface area contributed by atoms with Crippen LogP contribution in [0.1, 0.15) is 27.3 Å². The third-order valence-corrected chi connectivity index (χ3v) is 3.68. The van der Waals surface area contributed by atoms with Gasteiger partial charge in [-0.1, -0.05) is 11.6 Å². The zero-order valence-corrected chi connectivity index (χ0v) is 12.1. The van der Waals surface area contributed by atoms with Crippen LogP contribution in [-0.4, -0.2) is 25.4 Å². The highest BCUT2D eigenvalue weighted by molar-refractivity contribution is 6.30. The smallest absolute Gasteiger partial charge is 0.341 e. The Balaban J connectivity index is 2.57. The minimum atomic E-state index is -1.24. The molecule has 0 aliphatic carbocycles. The second-order valence-electron chi connectivity index (χ2n) is 4.56. The van der Waals surface area contributed by atoms with Gasteiger partial charge in [-0.15, -0.1) is 0 Å². The summed E-state index contributed by atoms with van der Waals surface area (Å²) in [5.41, 5.74) is 1.29. The predicted molar refractivity (Wildman–Crippen MR) is 74.5 cm³/mol. The maximum Gasteiger partial charge on any atom is 0.341 e. The van der Waals surface area contributed by atoms with Crippen LogP contribution in [0.15, 0.2) is 16.9 Å². The third kappa shape index (κ3) is 2.34. The van der Waals surface area contributed by atoms with Gasteiger partial charge in [0, 0.05) is 18.3 Å². The van der Waals surface area contributed by atoms with E-state index >= 15 is 0 Å². The number of halogens is 1. The van der Waals surface area contributed by atoms with Gasteiger partial charge in [0.25, 0.3) is 5.56 Å². The van der Waals surface area contributed by atoms with Crippen molar-refractivity contribution >= 4 is 17.6 Å². The first kappa shape index (κ1) is 14.3. The lowest BCUT2D eigenvalue weighted by Crippen LogP contribution is -2.28. The van der Waals surface area contributed by atoms with Crippen LogP contribution in [0, 0.1) is 13.8 Å². The molecule has 0 saturated carbocycles. The number of aryl methyl sites for hydroxylation is 3. The average Bonchev–Trinajstić information content (AvgIpc) is 2.59. The molecule has 7 heteroatoms. The fourth-order valence-electron chi connectivity index (χ4n) is 2.04. The van der Waals surface area contributed by atoms with Gasteiger partial charge in [0.05, 0.1) is 12.2 Å². The molecule has 0 radical (unpaired) electrons. The first-order chi connectivity index (χ1) is 9.32. The summed E-state index contributed by atoms with van der Waals surface area (Å²) in [7, 11) is 1.71. The van der Waals surface area contributed by atoms with E-state index in [1.54, 1.807) is 27.0 Å². The van der Waals surface area contributed by atoms with E-state index in [4.69, 9.17) is 16.7 Å². The number of hydrogen-bond acceptors (Lipinski definition) is 3. The van der Waals surface area contributed by atoms with Crippen LogP contribution in [-0.2, 0) is 13.6 Å². The van der Waals surface area contributed by atoms with Crippen LogP contribution < -0.4 is 5.56 Å². The number of hydrogen-bond donors (Lipinski definition) is 1. The van der Waals surface area contributed by atoms with Crippen molar-refractivity contribution in [1.29, 1.82) is 0 Å². The quantitative estimate of drug-likeness (QED) is 0.933. The van der Waals surface area contributed by atoms with Gasteiger partial charge in [0.15, 0.2) is 0 Å². The maximum atomic E-state index is 12.2. The average molecular weight is 296 g/mol. The zero-order valence-electron chi connectivity index (χ0n) is 11.3. The van der Waals surface area contributed by atoms with Crippen LogP contribution in [0.3, 0.4) is 0 Å². The minimum Gasteiger partial charge on any atom is -0.477 e.